The van der Waals surface area contributed by atoms with Crippen molar-refractivity contribution in [1.82, 2.24) is 5.32 Å². The minimum Gasteiger partial charge on any atom is -0.313 e. The average molecular weight is 197 g/mol. The van der Waals surface area contributed by atoms with Gasteiger partial charge in [0.15, 0.2) is 0 Å². The van der Waals surface area contributed by atoms with Crippen molar-refractivity contribution in [3.63, 3.8) is 0 Å². The molecule has 0 aromatic carbocycles. The molecule has 0 unspecified atom stereocenters. The molecule has 0 aliphatic rings. The van der Waals surface area contributed by atoms with Crippen LogP contribution >= 0.6 is 0 Å². The van der Waals surface area contributed by atoms with Crippen molar-refractivity contribution in [3.05, 3.63) is 11.6 Å². The van der Waals surface area contributed by atoms with E-state index < -0.39 is 0 Å². The number of nitrogens with one attached hydrogen (secondary N) is 1. The van der Waals surface area contributed by atoms with Crippen LogP contribution in [0.1, 0.15) is 53.4 Å². The lowest BCUT2D eigenvalue weighted by Crippen LogP contribution is -2.18. The molecular weight excluding hydrogens is 170 g/mol. The first-order chi connectivity index (χ1) is 6.78. The summed E-state index contributed by atoms with van der Waals surface area (Å²) in [5.74, 6) is 0.786. The Balaban J connectivity index is 3.95. The third kappa shape index (κ3) is 6.20. The highest BCUT2D eigenvalue weighted by molar-refractivity contribution is 5.05. The second-order valence-corrected chi connectivity index (χ2v) is 3.93. The van der Waals surface area contributed by atoms with Crippen LogP contribution in [0.15, 0.2) is 11.6 Å². The molecule has 0 bridgehead atoms. The van der Waals surface area contributed by atoms with Crippen LogP contribution in [0.4, 0.5) is 0 Å². The zero-order valence-electron chi connectivity index (χ0n) is 10.4. The van der Waals surface area contributed by atoms with Gasteiger partial charge in [-0.1, -0.05) is 39.3 Å². The summed E-state index contributed by atoms with van der Waals surface area (Å²) in [5.41, 5.74) is 1.58. The predicted molar refractivity (Wildman–Crippen MR) is 65.6 cm³/mol. The van der Waals surface area contributed by atoms with E-state index in [2.05, 4.69) is 39.1 Å². The van der Waals surface area contributed by atoms with Crippen LogP contribution in [0, 0.1) is 5.92 Å². The summed E-state index contributed by atoms with van der Waals surface area (Å²) in [4.78, 5) is 0. The van der Waals surface area contributed by atoms with Gasteiger partial charge in [0.2, 0.25) is 0 Å². The lowest BCUT2D eigenvalue weighted by molar-refractivity contribution is 0.594. The lowest BCUT2D eigenvalue weighted by Gasteiger charge is -2.11. The Morgan fingerprint density at radius 2 is 1.79 bits per heavy atom. The van der Waals surface area contributed by atoms with Crippen molar-refractivity contribution < 1.29 is 0 Å². The Morgan fingerprint density at radius 1 is 1.14 bits per heavy atom. The van der Waals surface area contributed by atoms with E-state index in [-0.39, 0.29) is 0 Å². The van der Waals surface area contributed by atoms with E-state index in [4.69, 9.17) is 0 Å². The molecule has 1 heteroatoms. The Kier molecular flexibility index (Phi) is 9.06. The maximum Gasteiger partial charge on any atom is 0.0164 e. The number of allylic oxidation sites excluding steroid dienone is 1. The first kappa shape index (κ1) is 13.7. The van der Waals surface area contributed by atoms with E-state index in [1.54, 1.807) is 5.57 Å². The molecule has 14 heavy (non-hydrogen) atoms. The summed E-state index contributed by atoms with van der Waals surface area (Å²) in [6, 6.07) is 0. The third-order valence-corrected chi connectivity index (χ3v) is 2.75. The van der Waals surface area contributed by atoms with E-state index in [1.165, 1.54) is 25.7 Å². The van der Waals surface area contributed by atoms with Gasteiger partial charge in [0.05, 0.1) is 0 Å². The van der Waals surface area contributed by atoms with Crippen LogP contribution in [-0.2, 0) is 0 Å². The highest BCUT2D eigenvalue weighted by Gasteiger charge is 2.01. The van der Waals surface area contributed by atoms with E-state index in [1.807, 2.05) is 0 Å². The summed E-state index contributed by atoms with van der Waals surface area (Å²) in [5, 5.41) is 3.47. The molecule has 0 aliphatic carbocycles. The summed E-state index contributed by atoms with van der Waals surface area (Å²) < 4.78 is 0. The Labute approximate surface area is 90.0 Å². The Bertz CT molecular complexity index is 145. The van der Waals surface area contributed by atoms with Gasteiger partial charge in [-0.05, 0) is 38.1 Å². The lowest BCUT2D eigenvalue weighted by atomic mass is 9.99. The molecule has 0 heterocycles. The maximum atomic E-state index is 3.47. The van der Waals surface area contributed by atoms with Crippen LogP contribution < -0.4 is 5.32 Å². The maximum absolute atomic E-state index is 3.47. The van der Waals surface area contributed by atoms with Crippen molar-refractivity contribution >= 4 is 0 Å². The van der Waals surface area contributed by atoms with E-state index >= 15 is 0 Å². The molecule has 0 radical (unpaired) electrons. The van der Waals surface area contributed by atoms with Crippen molar-refractivity contribution in [3.8, 4) is 0 Å². The smallest absolute Gasteiger partial charge is 0.0164 e. The highest BCUT2D eigenvalue weighted by atomic mass is 14.8. The fourth-order valence-electron chi connectivity index (χ4n) is 1.59. The van der Waals surface area contributed by atoms with Gasteiger partial charge in [0.1, 0.15) is 0 Å². The standard InChI is InChI=1S/C13H27N/c1-5-9-14-11-13(8-4)10-12(6-2)7-3/h10,12,14H,5-9,11H2,1-4H3. The van der Waals surface area contributed by atoms with Gasteiger partial charge in [-0.2, -0.15) is 0 Å². The van der Waals surface area contributed by atoms with Crippen molar-refractivity contribution in [2.45, 2.75) is 53.4 Å². The molecule has 0 saturated heterocycles. The third-order valence-electron chi connectivity index (χ3n) is 2.75. The molecular formula is C13H27N. The molecule has 0 aliphatic heterocycles. The largest absolute Gasteiger partial charge is 0.313 e. The molecule has 0 atom stereocenters. The molecule has 0 spiro atoms. The monoisotopic (exact) mass is 197 g/mol. The van der Waals surface area contributed by atoms with Gasteiger partial charge in [-0.15, -0.1) is 0 Å². The van der Waals surface area contributed by atoms with Crippen LogP contribution in [0.2, 0.25) is 0 Å². The summed E-state index contributed by atoms with van der Waals surface area (Å²) in [6.07, 6.45) is 7.43. The van der Waals surface area contributed by atoms with Crippen LogP contribution in [-0.4, -0.2) is 13.1 Å². The fourth-order valence-corrected chi connectivity index (χ4v) is 1.59. The highest BCUT2D eigenvalue weighted by Crippen LogP contribution is 2.13. The Morgan fingerprint density at radius 3 is 2.21 bits per heavy atom. The molecule has 0 fully saturated rings. The average Bonchev–Trinajstić information content (AvgIpc) is 2.23. The Hall–Kier alpha value is -0.300. The number of hydrogen-bond donors (Lipinski definition) is 1. The molecule has 0 rings (SSSR count). The molecule has 0 amide bonds. The van der Waals surface area contributed by atoms with Gasteiger partial charge < -0.3 is 5.32 Å². The van der Waals surface area contributed by atoms with E-state index in [0.717, 1.165) is 19.0 Å². The molecule has 0 aromatic heterocycles. The molecule has 1 nitrogen and oxygen atoms in total. The van der Waals surface area contributed by atoms with Gasteiger partial charge in [0.25, 0.3) is 0 Å². The van der Waals surface area contributed by atoms with Crippen LogP contribution in [0.5, 0.6) is 0 Å². The second-order valence-electron chi connectivity index (χ2n) is 3.93. The number of hydrogen-bond acceptors (Lipinski definition) is 1. The quantitative estimate of drug-likeness (QED) is 0.461. The summed E-state index contributed by atoms with van der Waals surface area (Å²) in [6.45, 7) is 11.2. The second kappa shape index (κ2) is 9.26. The van der Waals surface area contributed by atoms with E-state index in [9.17, 15) is 0 Å². The predicted octanol–water partition coefficient (Wildman–Crippen LogP) is 3.76. The van der Waals surface area contributed by atoms with Gasteiger partial charge >= 0.3 is 0 Å². The molecule has 0 saturated carbocycles. The van der Waals surface area contributed by atoms with Crippen molar-refractivity contribution in [2.75, 3.05) is 13.1 Å². The van der Waals surface area contributed by atoms with Crippen LogP contribution in [0.3, 0.4) is 0 Å². The molecule has 84 valence electrons. The zero-order valence-corrected chi connectivity index (χ0v) is 10.4. The zero-order chi connectivity index (χ0) is 10.8. The van der Waals surface area contributed by atoms with Crippen LogP contribution in [0.25, 0.3) is 0 Å². The first-order valence-corrected chi connectivity index (χ1v) is 6.18. The molecule has 1 N–H and O–H groups in total. The van der Waals surface area contributed by atoms with Crippen molar-refractivity contribution in [2.24, 2.45) is 5.92 Å². The fraction of sp³-hybridized carbons (Fsp3) is 0.846. The van der Waals surface area contributed by atoms with E-state index in [0.29, 0.717) is 0 Å². The minimum atomic E-state index is 0.786. The van der Waals surface area contributed by atoms with Crippen molar-refractivity contribution in [1.29, 1.82) is 0 Å². The topological polar surface area (TPSA) is 12.0 Å². The molecule has 0 aromatic rings. The van der Waals surface area contributed by atoms with Gasteiger partial charge in [0, 0.05) is 6.54 Å². The van der Waals surface area contributed by atoms with Gasteiger partial charge in [-0.25, -0.2) is 0 Å². The number of rotatable bonds is 8. The normalized spacial score (nSPS) is 12.5. The summed E-state index contributed by atoms with van der Waals surface area (Å²) in [7, 11) is 0. The first-order valence-electron chi connectivity index (χ1n) is 6.18. The minimum absolute atomic E-state index is 0.786. The SMILES string of the molecule is CCCNCC(=CC(CC)CC)CC. The van der Waals surface area contributed by atoms with Gasteiger partial charge in [-0.3, -0.25) is 0 Å². The summed E-state index contributed by atoms with van der Waals surface area (Å²) >= 11 is 0.